The van der Waals surface area contributed by atoms with Crippen LogP contribution >= 0.6 is 0 Å². The predicted molar refractivity (Wildman–Crippen MR) is 105 cm³/mol. The number of nitrogens with zero attached hydrogens (tertiary/aromatic N) is 1. The number of urea groups is 1. The number of carbonyl (C=O) groups excluding carboxylic acids is 2. The Hall–Kier alpha value is -3.02. The van der Waals surface area contributed by atoms with Crippen LogP contribution in [-0.2, 0) is 11.3 Å². The van der Waals surface area contributed by atoms with Crippen molar-refractivity contribution in [1.29, 1.82) is 0 Å². The van der Waals surface area contributed by atoms with Gasteiger partial charge in [0, 0.05) is 25.2 Å². The molecule has 0 radical (unpaired) electrons. The minimum Gasteiger partial charge on any atom is -0.497 e. The number of benzene rings is 2. The van der Waals surface area contributed by atoms with Crippen LogP contribution < -0.4 is 20.3 Å². The average Bonchev–Trinajstić information content (AvgIpc) is 3.02. The summed E-state index contributed by atoms with van der Waals surface area (Å²) in [5, 5.41) is 5.72. The molecule has 0 saturated carbocycles. The number of ether oxygens (including phenoxy) is 1. The molecule has 0 spiro atoms. The van der Waals surface area contributed by atoms with E-state index >= 15 is 0 Å². The van der Waals surface area contributed by atoms with Crippen molar-refractivity contribution in [2.45, 2.75) is 32.9 Å². The SMILES string of the molecule is COc1ccc(CNC(=O)N[C@@H]2CC(=O)N(c3ccc(C)c(C)c3)C2)cc1. The third kappa shape index (κ3) is 4.58. The molecule has 1 fully saturated rings. The second-order valence-electron chi connectivity index (χ2n) is 6.85. The Morgan fingerprint density at radius 1 is 1.15 bits per heavy atom. The van der Waals surface area contributed by atoms with Gasteiger partial charge >= 0.3 is 6.03 Å². The van der Waals surface area contributed by atoms with Crippen LogP contribution in [0.25, 0.3) is 0 Å². The minimum absolute atomic E-state index is 0.0266. The van der Waals surface area contributed by atoms with Gasteiger partial charge < -0.3 is 20.3 Å². The summed E-state index contributed by atoms with van der Waals surface area (Å²) in [7, 11) is 1.62. The molecule has 3 amide bonds. The van der Waals surface area contributed by atoms with E-state index in [4.69, 9.17) is 4.74 Å². The average molecular weight is 367 g/mol. The molecule has 27 heavy (non-hydrogen) atoms. The highest BCUT2D eigenvalue weighted by Gasteiger charge is 2.31. The van der Waals surface area contributed by atoms with E-state index in [1.54, 1.807) is 12.0 Å². The number of hydrogen-bond acceptors (Lipinski definition) is 3. The third-order valence-electron chi connectivity index (χ3n) is 4.87. The van der Waals surface area contributed by atoms with E-state index in [2.05, 4.69) is 10.6 Å². The van der Waals surface area contributed by atoms with E-state index in [1.807, 2.05) is 56.3 Å². The quantitative estimate of drug-likeness (QED) is 0.854. The lowest BCUT2D eigenvalue weighted by Crippen LogP contribution is -2.43. The van der Waals surface area contributed by atoms with Gasteiger partial charge in [-0.3, -0.25) is 4.79 Å². The predicted octanol–water partition coefficient (Wildman–Crippen LogP) is 2.92. The van der Waals surface area contributed by atoms with Crippen molar-refractivity contribution >= 4 is 17.6 Å². The topological polar surface area (TPSA) is 70.7 Å². The fourth-order valence-electron chi connectivity index (χ4n) is 3.11. The normalized spacial score (nSPS) is 16.3. The number of nitrogens with one attached hydrogen (secondary N) is 2. The summed E-state index contributed by atoms with van der Waals surface area (Å²) in [4.78, 5) is 26.2. The second-order valence-corrected chi connectivity index (χ2v) is 6.85. The summed E-state index contributed by atoms with van der Waals surface area (Å²) in [6, 6.07) is 13.0. The Labute approximate surface area is 159 Å². The van der Waals surface area contributed by atoms with Gasteiger partial charge in [0.15, 0.2) is 0 Å². The van der Waals surface area contributed by atoms with Crippen LogP contribution in [0.15, 0.2) is 42.5 Å². The summed E-state index contributed by atoms with van der Waals surface area (Å²) in [6.45, 7) is 4.97. The Morgan fingerprint density at radius 2 is 1.89 bits per heavy atom. The molecule has 0 unspecified atom stereocenters. The minimum atomic E-state index is -0.273. The summed E-state index contributed by atoms with van der Waals surface area (Å²) >= 11 is 0. The molecule has 2 aromatic rings. The first-order valence-corrected chi connectivity index (χ1v) is 9.01. The summed E-state index contributed by atoms with van der Waals surface area (Å²) in [5.41, 5.74) is 4.20. The molecule has 3 rings (SSSR count). The van der Waals surface area contributed by atoms with Crippen LogP contribution in [0.5, 0.6) is 5.75 Å². The van der Waals surface area contributed by atoms with Crippen LogP contribution in [0, 0.1) is 13.8 Å². The van der Waals surface area contributed by atoms with Crippen molar-refractivity contribution < 1.29 is 14.3 Å². The first-order chi connectivity index (χ1) is 13.0. The molecule has 0 aromatic heterocycles. The molecule has 1 heterocycles. The Morgan fingerprint density at radius 3 is 2.56 bits per heavy atom. The first kappa shape index (κ1) is 18.8. The highest BCUT2D eigenvalue weighted by Crippen LogP contribution is 2.24. The van der Waals surface area contributed by atoms with Gasteiger partial charge in [-0.15, -0.1) is 0 Å². The largest absolute Gasteiger partial charge is 0.497 e. The number of rotatable bonds is 5. The molecule has 1 aliphatic heterocycles. The lowest BCUT2D eigenvalue weighted by Gasteiger charge is -2.18. The van der Waals surface area contributed by atoms with Gasteiger partial charge in [-0.05, 0) is 54.8 Å². The van der Waals surface area contributed by atoms with E-state index in [-0.39, 0.29) is 18.0 Å². The monoisotopic (exact) mass is 367 g/mol. The van der Waals surface area contributed by atoms with Crippen molar-refractivity contribution in [3.8, 4) is 5.75 Å². The van der Waals surface area contributed by atoms with Gasteiger partial charge in [0.1, 0.15) is 5.75 Å². The molecule has 1 aliphatic rings. The fourth-order valence-corrected chi connectivity index (χ4v) is 3.11. The van der Waals surface area contributed by atoms with Gasteiger partial charge in [0.25, 0.3) is 0 Å². The van der Waals surface area contributed by atoms with Crippen molar-refractivity contribution in [2.75, 3.05) is 18.6 Å². The molecule has 6 heteroatoms. The van der Waals surface area contributed by atoms with E-state index in [0.717, 1.165) is 22.6 Å². The number of aryl methyl sites for hydroxylation is 2. The van der Waals surface area contributed by atoms with E-state index in [9.17, 15) is 9.59 Å². The van der Waals surface area contributed by atoms with Crippen LogP contribution in [0.1, 0.15) is 23.1 Å². The lowest BCUT2D eigenvalue weighted by molar-refractivity contribution is -0.117. The summed E-state index contributed by atoms with van der Waals surface area (Å²) in [6.07, 6.45) is 0.308. The highest BCUT2D eigenvalue weighted by molar-refractivity contribution is 5.96. The third-order valence-corrected chi connectivity index (χ3v) is 4.87. The molecule has 0 bridgehead atoms. The molecule has 2 N–H and O–H groups in total. The second kappa shape index (κ2) is 8.12. The van der Waals surface area contributed by atoms with Crippen molar-refractivity contribution in [1.82, 2.24) is 10.6 Å². The molecule has 1 saturated heterocycles. The van der Waals surface area contributed by atoms with Crippen molar-refractivity contribution in [2.24, 2.45) is 0 Å². The number of carbonyl (C=O) groups is 2. The van der Waals surface area contributed by atoms with Gasteiger partial charge in [-0.25, -0.2) is 4.79 Å². The maximum Gasteiger partial charge on any atom is 0.315 e. The zero-order valence-electron chi connectivity index (χ0n) is 15.9. The molecule has 1 atom stereocenters. The van der Waals surface area contributed by atoms with Crippen LogP contribution in [0.3, 0.4) is 0 Å². The van der Waals surface area contributed by atoms with E-state index in [0.29, 0.717) is 19.5 Å². The van der Waals surface area contributed by atoms with Gasteiger partial charge in [-0.2, -0.15) is 0 Å². The van der Waals surface area contributed by atoms with Crippen molar-refractivity contribution in [3.05, 3.63) is 59.2 Å². The lowest BCUT2D eigenvalue weighted by atomic mass is 10.1. The smallest absolute Gasteiger partial charge is 0.315 e. The van der Waals surface area contributed by atoms with Crippen LogP contribution in [-0.4, -0.2) is 31.6 Å². The number of methoxy groups -OCH3 is 1. The fraction of sp³-hybridized carbons (Fsp3) is 0.333. The molecular weight excluding hydrogens is 342 g/mol. The first-order valence-electron chi connectivity index (χ1n) is 9.01. The Kier molecular flexibility index (Phi) is 5.64. The maximum absolute atomic E-state index is 12.3. The standard InChI is InChI=1S/C21H25N3O3/c1-14-4-7-18(10-15(14)2)24-13-17(11-20(24)25)23-21(26)22-12-16-5-8-19(27-3)9-6-16/h4-10,17H,11-13H2,1-3H3,(H2,22,23,26)/t17-/m1/s1. The Bertz CT molecular complexity index is 833. The summed E-state index contributed by atoms with van der Waals surface area (Å²) in [5.74, 6) is 0.804. The van der Waals surface area contributed by atoms with E-state index in [1.165, 1.54) is 5.56 Å². The summed E-state index contributed by atoms with van der Waals surface area (Å²) < 4.78 is 5.12. The number of hydrogen-bond donors (Lipinski definition) is 2. The van der Waals surface area contributed by atoms with Gasteiger partial charge in [-0.1, -0.05) is 18.2 Å². The molecule has 142 valence electrons. The zero-order valence-corrected chi connectivity index (χ0v) is 15.9. The van der Waals surface area contributed by atoms with Crippen LogP contribution in [0.4, 0.5) is 10.5 Å². The maximum atomic E-state index is 12.3. The van der Waals surface area contributed by atoms with Gasteiger partial charge in [0.2, 0.25) is 5.91 Å². The number of anilines is 1. The van der Waals surface area contributed by atoms with Gasteiger partial charge in [0.05, 0.1) is 13.2 Å². The highest BCUT2D eigenvalue weighted by atomic mass is 16.5. The molecule has 2 aromatic carbocycles. The zero-order chi connectivity index (χ0) is 19.4. The number of amides is 3. The van der Waals surface area contributed by atoms with Crippen LogP contribution in [0.2, 0.25) is 0 Å². The Balaban J connectivity index is 1.52. The van der Waals surface area contributed by atoms with Crippen molar-refractivity contribution in [3.63, 3.8) is 0 Å². The molecule has 6 nitrogen and oxygen atoms in total. The molecular formula is C21H25N3O3. The molecule has 0 aliphatic carbocycles. The van der Waals surface area contributed by atoms with E-state index < -0.39 is 0 Å².